The van der Waals surface area contributed by atoms with E-state index in [1.807, 2.05) is 38.1 Å². The summed E-state index contributed by atoms with van der Waals surface area (Å²) in [5.41, 5.74) is 2.68. The summed E-state index contributed by atoms with van der Waals surface area (Å²) in [5.74, 6) is -0.939. The maximum absolute atomic E-state index is 11.6. The van der Waals surface area contributed by atoms with E-state index in [-0.39, 0.29) is 13.0 Å². The third-order valence-electron chi connectivity index (χ3n) is 2.66. The number of nitrogens with one attached hydrogen (secondary N) is 2. The summed E-state index contributed by atoms with van der Waals surface area (Å²) in [6.45, 7) is 2.02. The van der Waals surface area contributed by atoms with Gasteiger partial charge in [-0.1, -0.05) is 6.07 Å². The minimum atomic E-state index is -0.939. The maximum atomic E-state index is 11.6. The Labute approximate surface area is 112 Å². The van der Waals surface area contributed by atoms with Crippen LogP contribution < -0.4 is 15.5 Å². The number of urea groups is 1. The van der Waals surface area contributed by atoms with Crippen LogP contribution in [0.15, 0.2) is 18.2 Å². The van der Waals surface area contributed by atoms with Gasteiger partial charge in [-0.2, -0.15) is 0 Å². The van der Waals surface area contributed by atoms with Crippen LogP contribution in [0, 0.1) is 6.92 Å². The van der Waals surface area contributed by atoms with Crippen LogP contribution in [0.2, 0.25) is 0 Å². The molecule has 0 radical (unpaired) electrons. The predicted octanol–water partition coefficient (Wildman–Crippen LogP) is 1.66. The van der Waals surface area contributed by atoms with Crippen molar-refractivity contribution < 1.29 is 14.7 Å². The number of hydrogen-bond donors (Lipinski definition) is 3. The number of carboxylic acids is 1. The van der Waals surface area contributed by atoms with Crippen molar-refractivity contribution in [3.63, 3.8) is 0 Å². The monoisotopic (exact) mass is 265 g/mol. The number of anilines is 2. The Kier molecular flexibility index (Phi) is 5.17. The molecule has 0 saturated carbocycles. The van der Waals surface area contributed by atoms with Gasteiger partial charge in [0.15, 0.2) is 0 Å². The molecular formula is C13H19N3O3. The molecule has 0 spiro atoms. The SMILES string of the molecule is Cc1c(NC(=O)NCCC(=O)O)cccc1N(C)C. The number of hydrogen-bond acceptors (Lipinski definition) is 3. The third-order valence-corrected chi connectivity index (χ3v) is 2.66. The predicted molar refractivity (Wildman–Crippen MR) is 74.8 cm³/mol. The molecule has 6 heteroatoms. The molecule has 104 valence electrons. The van der Waals surface area contributed by atoms with E-state index in [4.69, 9.17) is 5.11 Å². The second kappa shape index (κ2) is 6.63. The van der Waals surface area contributed by atoms with Gasteiger partial charge in [-0.25, -0.2) is 4.79 Å². The average molecular weight is 265 g/mol. The fourth-order valence-electron chi connectivity index (χ4n) is 1.69. The molecule has 0 aliphatic rings. The minimum Gasteiger partial charge on any atom is -0.481 e. The lowest BCUT2D eigenvalue weighted by molar-refractivity contribution is -0.136. The first-order valence-corrected chi connectivity index (χ1v) is 5.95. The zero-order valence-electron chi connectivity index (χ0n) is 11.4. The Balaban J connectivity index is 2.64. The Morgan fingerprint density at radius 3 is 2.58 bits per heavy atom. The van der Waals surface area contributed by atoms with Crippen LogP contribution in [-0.2, 0) is 4.79 Å². The van der Waals surface area contributed by atoms with Crippen LogP contribution >= 0.6 is 0 Å². The Hall–Kier alpha value is -2.24. The number of aliphatic carboxylic acids is 1. The van der Waals surface area contributed by atoms with Crippen molar-refractivity contribution in [2.24, 2.45) is 0 Å². The second-order valence-electron chi connectivity index (χ2n) is 4.37. The normalized spacial score (nSPS) is 9.84. The van der Waals surface area contributed by atoms with E-state index in [1.54, 1.807) is 6.07 Å². The molecule has 6 nitrogen and oxygen atoms in total. The molecule has 1 aromatic rings. The lowest BCUT2D eigenvalue weighted by Gasteiger charge is -2.18. The molecule has 0 atom stereocenters. The quantitative estimate of drug-likeness (QED) is 0.756. The Morgan fingerprint density at radius 2 is 2.00 bits per heavy atom. The third kappa shape index (κ3) is 4.50. The lowest BCUT2D eigenvalue weighted by atomic mass is 10.1. The molecule has 0 aliphatic carbocycles. The van der Waals surface area contributed by atoms with Crippen molar-refractivity contribution in [1.29, 1.82) is 0 Å². The fourth-order valence-corrected chi connectivity index (χ4v) is 1.69. The van der Waals surface area contributed by atoms with Crippen LogP contribution in [0.3, 0.4) is 0 Å². The van der Waals surface area contributed by atoms with E-state index in [1.165, 1.54) is 0 Å². The van der Waals surface area contributed by atoms with Crippen LogP contribution in [0.1, 0.15) is 12.0 Å². The second-order valence-corrected chi connectivity index (χ2v) is 4.37. The summed E-state index contributed by atoms with van der Waals surface area (Å²) in [6, 6.07) is 5.22. The Morgan fingerprint density at radius 1 is 1.32 bits per heavy atom. The molecule has 19 heavy (non-hydrogen) atoms. The highest BCUT2D eigenvalue weighted by atomic mass is 16.4. The topological polar surface area (TPSA) is 81.7 Å². The molecule has 3 N–H and O–H groups in total. The standard InChI is InChI=1S/C13H19N3O3/c1-9-10(5-4-6-11(9)16(2)3)15-13(19)14-8-7-12(17)18/h4-6H,7-8H2,1-3H3,(H,17,18)(H2,14,15,19). The van der Waals surface area contributed by atoms with Gasteiger partial charge >= 0.3 is 12.0 Å². The molecule has 2 amide bonds. The zero-order valence-corrected chi connectivity index (χ0v) is 11.4. The highest BCUT2D eigenvalue weighted by Gasteiger charge is 2.08. The van der Waals surface area contributed by atoms with Crippen LogP contribution in [0.4, 0.5) is 16.2 Å². The molecule has 0 fully saturated rings. The van der Waals surface area contributed by atoms with Gasteiger partial charge in [0, 0.05) is 32.0 Å². The molecule has 0 aliphatic heterocycles. The van der Waals surface area contributed by atoms with Gasteiger partial charge in [-0.15, -0.1) is 0 Å². The lowest BCUT2D eigenvalue weighted by Crippen LogP contribution is -2.31. The van der Waals surface area contributed by atoms with Gasteiger partial charge in [-0.3, -0.25) is 4.79 Å². The summed E-state index contributed by atoms with van der Waals surface area (Å²) < 4.78 is 0. The van der Waals surface area contributed by atoms with Crippen molar-refractivity contribution in [2.75, 3.05) is 30.9 Å². The van der Waals surface area contributed by atoms with Gasteiger partial charge < -0.3 is 20.6 Å². The summed E-state index contributed by atoms with van der Waals surface area (Å²) >= 11 is 0. The Bertz CT molecular complexity index is 472. The zero-order chi connectivity index (χ0) is 14.4. The largest absolute Gasteiger partial charge is 0.481 e. The summed E-state index contributed by atoms with van der Waals surface area (Å²) in [6.07, 6.45) is -0.0931. The van der Waals surface area contributed by atoms with Gasteiger partial charge in [0.25, 0.3) is 0 Å². The molecule has 0 bridgehead atoms. The molecule has 0 saturated heterocycles. The van der Waals surface area contributed by atoms with Crippen molar-refractivity contribution in [3.8, 4) is 0 Å². The minimum absolute atomic E-state index is 0.0931. The first-order chi connectivity index (χ1) is 8.91. The smallest absolute Gasteiger partial charge is 0.319 e. The van der Waals surface area contributed by atoms with E-state index in [0.29, 0.717) is 5.69 Å². The molecule has 1 aromatic carbocycles. The highest BCUT2D eigenvalue weighted by Crippen LogP contribution is 2.24. The molecule has 0 unspecified atom stereocenters. The molecule has 0 aromatic heterocycles. The van der Waals surface area contributed by atoms with E-state index >= 15 is 0 Å². The van der Waals surface area contributed by atoms with Crippen molar-refractivity contribution in [3.05, 3.63) is 23.8 Å². The summed E-state index contributed by atoms with van der Waals surface area (Å²) in [5, 5.41) is 13.7. The van der Waals surface area contributed by atoms with Crippen molar-refractivity contribution in [2.45, 2.75) is 13.3 Å². The van der Waals surface area contributed by atoms with E-state index < -0.39 is 12.0 Å². The maximum Gasteiger partial charge on any atom is 0.319 e. The number of carboxylic acid groups (broad SMARTS) is 1. The van der Waals surface area contributed by atoms with E-state index in [0.717, 1.165) is 11.3 Å². The highest BCUT2D eigenvalue weighted by molar-refractivity contribution is 5.91. The van der Waals surface area contributed by atoms with Gasteiger partial charge in [-0.05, 0) is 24.6 Å². The van der Waals surface area contributed by atoms with Crippen LogP contribution in [-0.4, -0.2) is 37.7 Å². The number of benzene rings is 1. The number of rotatable bonds is 5. The van der Waals surface area contributed by atoms with Crippen molar-refractivity contribution >= 4 is 23.4 Å². The molecule has 1 rings (SSSR count). The van der Waals surface area contributed by atoms with Gasteiger partial charge in [0.2, 0.25) is 0 Å². The van der Waals surface area contributed by atoms with Gasteiger partial charge in [0.1, 0.15) is 0 Å². The van der Waals surface area contributed by atoms with E-state index in [2.05, 4.69) is 10.6 Å². The summed E-state index contributed by atoms with van der Waals surface area (Å²) in [4.78, 5) is 23.9. The number of nitrogens with zero attached hydrogens (tertiary/aromatic N) is 1. The van der Waals surface area contributed by atoms with Crippen LogP contribution in [0.25, 0.3) is 0 Å². The summed E-state index contributed by atoms with van der Waals surface area (Å²) in [7, 11) is 3.86. The fraction of sp³-hybridized carbons (Fsp3) is 0.385. The molecular weight excluding hydrogens is 246 g/mol. The first-order valence-electron chi connectivity index (χ1n) is 5.95. The first kappa shape index (κ1) is 14.8. The van der Waals surface area contributed by atoms with Gasteiger partial charge in [0.05, 0.1) is 6.42 Å². The molecule has 0 heterocycles. The van der Waals surface area contributed by atoms with Crippen LogP contribution in [0.5, 0.6) is 0 Å². The number of carbonyl (C=O) groups is 2. The average Bonchev–Trinajstić information content (AvgIpc) is 2.31. The van der Waals surface area contributed by atoms with Crippen molar-refractivity contribution in [1.82, 2.24) is 5.32 Å². The number of amides is 2. The van der Waals surface area contributed by atoms with E-state index in [9.17, 15) is 9.59 Å². The number of carbonyl (C=O) groups excluding carboxylic acids is 1.